The molecule has 0 bridgehead atoms. The molecule has 33 heavy (non-hydrogen) atoms. The van der Waals surface area contributed by atoms with Gasteiger partial charge >= 0.3 is 0 Å². The van der Waals surface area contributed by atoms with Crippen LogP contribution in [0.5, 0.6) is 0 Å². The first-order valence-electron chi connectivity index (χ1n) is 13.4. The Morgan fingerprint density at radius 2 is 1.79 bits per heavy atom. The molecule has 0 saturated heterocycles. The number of halogens is 1. The Bertz CT molecular complexity index is 917. The van der Waals surface area contributed by atoms with Gasteiger partial charge in [-0.05, 0) is 109 Å². The molecule has 1 heteroatoms. The van der Waals surface area contributed by atoms with E-state index in [-0.39, 0.29) is 5.82 Å². The lowest BCUT2D eigenvalue weighted by Gasteiger charge is -2.49. The van der Waals surface area contributed by atoms with Crippen molar-refractivity contribution in [1.82, 2.24) is 0 Å². The molecule has 0 N–H and O–H groups in total. The Balaban J connectivity index is 1.44. The summed E-state index contributed by atoms with van der Waals surface area (Å²) >= 11 is 0. The Hall–Kier alpha value is -1.89. The van der Waals surface area contributed by atoms with Crippen LogP contribution in [-0.2, 0) is 6.42 Å². The first-order valence-corrected chi connectivity index (χ1v) is 13.4. The van der Waals surface area contributed by atoms with Gasteiger partial charge in [-0.15, -0.1) is 0 Å². The molecular formula is C32H43F. The predicted molar refractivity (Wildman–Crippen MR) is 140 cm³/mol. The molecule has 2 fully saturated rings. The van der Waals surface area contributed by atoms with Crippen molar-refractivity contribution in [2.45, 2.75) is 90.9 Å². The second-order valence-corrected chi connectivity index (χ2v) is 11.6. The van der Waals surface area contributed by atoms with Crippen LogP contribution in [0.4, 0.5) is 4.39 Å². The molecule has 178 valence electrons. The van der Waals surface area contributed by atoms with Gasteiger partial charge in [-0.1, -0.05) is 82.7 Å². The fraction of sp³-hybridized carbons (Fsp3) is 0.562. The molecule has 0 amide bonds. The van der Waals surface area contributed by atoms with Crippen LogP contribution in [0, 0.1) is 29.0 Å². The maximum Gasteiger partial charge on any atom is 0.127 e. The van der Waals surface area contributed by atoms with Crippen LogP contribution in [0.1, 0.15) is 101 Å². The molecule has 2 aliphatic carbocycles. The molecule has 0 radical (unpaired) electrons. The van der Waals surface area contributed by atoms with Gasteiger partial charge in [0.25, 0.3) is 0 Å². The van der Waals surface area contributed by atoms with Crippen molar-refractivity contribution in [3.63, 3.8) is 0 Å². The molecule has 1 spiro atoms. The molecule has 0 aliphatic heterocycles. The lowest BCUT2D eigenvalue weighted by molar-refractivity contribution is 0.0608. The van der Waals surface area contributed by atoms with Gasteiger partial charge < -0.3 is 0 Å². The summed E-state index contributed by atoms with van der Waals surface area (Å²) in [5.41, 5.74) is 5.03. The van der Waals surface area contributed by atoms with Gasteiger partial charge in [-0.3, -0.25) is 0 Å². The van der Waals surface area contributed by atoms with E-state index in [2.05, 4.69) is 63.7 Å². The van der Waals surface area contributed by atoms with E-state index in [9.17, 15) is 4.39 Å². The van der Waals surface area contributed by atoms with E-state index in [0.29, 0.717) is 23.2 Å². The summed E-state index contributed by atoms with van der Waals surface area (Å²) in [6.45, 7) is 11.1. The molecule has 2 unspecified atom stereocenters. The second-order valence-electron chi connectivity index (χ2n) is 11.6. The third kappa shape index (κ3) is 5.79. The number of allylic oxidation sites excluding steroid dienone is 1. The van der Waals surface area contributed by atoms with Crippen LogP contribution in [0.15, 0.2) is 55.1 Å². The zero-order valence-electron chi connectivity index (χ0n) is 21.1. The smallest absolute Gasteiger partial charge is 0.127 e. The van der Waals surface area contributed by atoms with Crippen LogP contribution in [0.25, 0.3) is 5.57 Å². The molecule has 4 rings (SSSR count). The van der Waals surface area contributed by atoms with Gasteiger partial charge in [0.2, 0.25) is 0 Å². The third-order valence-electron chi connectivity index (χ3n) is 8.58. The first kappa shape index (κ1) is 24.2. The van der Waals surface area contributed by atoms with E-state index in [4.69, 9.17) is 0 Å². The molecule has 2 aliphatic rings. The van der Waals surface area contributed by atoms with Crippen molar-refractivity contribution in [2.24, 2.45) is 23.2 Å². The van der Waals surface area contributed by atoms with Crippen molar-refractivity contribution in [2.75, 3.05) is 0 Å². The second kappa shape index (κ2) is 10.6. The van der Waals surface area contributed by atoms with Crippen LogP contribution < -0.4 is 0 Å². The summed E-state index contributed by atoms with van der Waals surface area (Å²) in [5.74, 6) is 2.47. The Labute approximate surface area is 201 Å². The van der Waals surface area contributed by atoms with E-state index in [1.807, 2.05) is 6.07 Å². The van der Waals surface area contributed by atoms with Crippen molar-refractivity contribution < 1.29 is 4.39 Å². The minimum atomic E-state index is -0.0602. The van der Waals surface area contributed by atoms with Crippen molar-refractivity contribution >= 4 is 5.57 Å². The standard InChI is InChI=1S/C32H43F/c1-5-9-25-19-30(27-10-7-6-8-11-27)22-32(21-25)16-14-26(15-17-32)24(4)28-12-13-29(18-23(2)3)31(33)20-28/h6-8,10-13,20,23,25-26,30H,4-5,9,14-19,21-22H2,1-3H3. The SMILES string of the molecule is C=C(c1ccc(CC(C)C)c(F)c1)C1CCC2(CC1)CC(CCC)CC(c1ccccc1)C2. The quantitative estimate of drug-likeness (QED) is 0.397. The average molecular weight is 447 g/mol. The van der Waals surface area contributed by atoms with E-state index in [1.54, 1.807) is 11.6 Å². The van der Waals surface area contributed by atoms with Gasteiger partial charge in [0.15, 0.2) is 0 Å². The number of rotatable bonds is 7. The normalized spacial score (nSPS) is 27.7. The predicted octanol–water partition coefficient (Wildman–Crippen LogP) is 9.60. The van der Waals surface area contributed by atoms with Crippen LogP contribution in [0.3, 0.4) is 0 Å². The van der Waals surface area contributed by atoms with Crippen molar-refractivity contribution in [3.8, 4) is 0 Å². The van der Waals surface area contributed by atoms with Gasteiger partial charge in [-0.2, -0.15) is 0 Å². The highest BCUT2D eigenvalue weighted by Gasteiger charge is 2.43. The van der Waals surface area contributed by atoms with Gasteiger partial charge in [0.1, 0.15) is 5.82 Å². The van der Waals surface area contributed by atoms with E-state index >= 15 is 0 Å². The van der Waals surface area contributed by atoms with Crippen molar-refractivity contribution in [1.29, 1.82) is 0 Å². The summed E-state index contributed by atoms with van der Waals surface area (Å²) in [5, 5.41) is 0. The molecular weight excluding hydrogens is 403 g/mol. The topological polar surface area (TPSA) is 0 Å². The lowest BCUT2D eigenvalue weighted by Crippen LogP contribution is -2.36. The maximum atomic E-state index is 14.7. The largest absolute Gasteiger partial charge is 0.207 e. The molecule has 2 aromatic rings. The molecule has 2 saturated carbocycles. The highest BCUT2D eigenvalue weighted by atomic mass is 19.1. The number of hydrogen-bond donors (Lipinski definition) is 0. The number of benzene rings is 2. The summed E-state index contributed by atoms with van der Waals surface area (Å²) in [4.78, 5) is 0. The zero-order valence-corrected chi connectivity index (χ0v) is 21.1. The fourth-order valence-electron chi connectivity index (χ4n) is 6.97. The maximum absolute atomic E-state index is 14.7. The summed E-state index contributed by atoms with van der Waals surface area (Å²) < 4.78 is 14.7. The van der Waals surface area contributed by atoms with Crippen LogP contribution in [0.2, 0.25) is 0 Å². The van der Waals surface area contributed by atoms with Gasteiger partial charge in [0, 0.05) is 0 Å². The van der Waals surface area contributed by atoms with Crippen LogP contribution in [-0.4, -0.2) is 0 Å². The molecule has 0 aromatic heterocycles. The Kier molecular flexibility index (Phi) is 7.77. The Morgan fingerprint density at radius 1 is 1.06 bits per heavy atom. The highest BCUT2D eigenvalue weighted by molar-refractivity contribution is 5.65. The minimum Gasteiger partial charge on any atom is -0.207 e. The first-order chi connectivity index (χ1) is 15.9. The third-order valence-corrected chi connectivity index (χ3v) is 8.58. The summed E-state index contributed by atoms with van der Waals surface area (Å²) in [7, 11) is 0. The average Bonchev–Trinajstić information content (AvgIpc) is 2.81. The van der Waals surface area contributed by atoms with E-state index < -0.39 is 0 Å². The minimum absolute atomic E-state index is 0.0602. The van der Waals surface area contributed by atoms with E-state index in [0.717, 1.165) is 29.0 Å². The Morgan fingerprint density at radius 3 is 2.42 bits per heavy atom. The molecule has 2 aromatic carbocycles. The zero-order chi connectivity index (χ0) is 23.4. The van der Waals surface area contributed by atoms with Crippen molar-refractivity contribution in [3.05, 3.63) is 77.6 Å². The van der Waals surface area contributed by atoms with Crippen LogP contribution >= 0.6 is 0 Å². The molecule has 0 nitrogen and oxygen atoms in total. The summed E-state index contributed by atoms with van der Waals surface area (Å²) in [6, 6.07) is 17.1. The van der Waals surface area contributed by atoms with Gasteiger partial charge in [-0.25, -0.2) is 4.39 Å². The molecule has 2 atom stereocenters. The van der Waals surface area contributed by atoms with Gasteiger partial charge in [0.05, 0.1) is 0 Å². The van der Waals surface area contributed by atoms with E-state index in [1.165, 1.54) is 57.8 Å². The fourth-order valence-corrected chi connectivity index (χ4v) is 6.97. The molecule has 0 heterocycles. The monoisotopic (exact) mass is 446 g/mol. The number of hydrogen-bond acceptors (Lipinski definition) is 0. The highest BCUT2D eigenvalue weighted by Crippen LogP contribution is 2.56. The lowest BCUT2D eigenvalue weighted by atomic mass is 9.56. The summed E-state index contributed by atoms with van der Waals surface area (Å²) in [6.07, 6.45) is 12.6.